The fourth-order valence-electron chi connectivity index (χ4n) is 9.25. The van der Waals surface area contributed by atoms with Crippen LogP contribution in [0.3, 0.4) is 0 Å². The summed E-state index contributed by atoms with van der Waals surface area (Å²) in [5, 5.41) is 2.33. The van der Waals surface area contributed by atoms with Crippen molar-refractivity contribution < 1.29 is 49.6 Å². The number of carbonyl (C=O) groups is 2. The molecule has 0 amide bonds. The van der Waals surface area contributed by atoms with Crippen LogP contribution in [0, 0.1) is 0 Å². The number of hydrogen-bond acceptors (Lipinski definition) is 9. The third-order valence-corrected chi connectivity index (χ3v) is 13.7. The van der Waals surface area contributed by atoms with Gasteiger partial charge in [-0.15, -0.1) is 0 Å². The van der Waals surface area contributed by atoms with E-state index in [-0.39, 0.29) is 21.7 Å². The molecule has 0 aromatic heterocycles. The number of carbonyl (C=O) groups excluding carboxylic acids is 2. The number of anilines is 1. The molecule has 2 N–H and O–H groups in total. The molecular formula is C47H57N2O10S2+. The van der Waals surface area contributed by atoms with E-state index < -0.39 is 31.1 Å². The van der Waals surface area contributed by atoms with Gasteiger partial charge >= 0.3 is 11.9 Å². The molecule has 2 aliphatic heterocycles. The molecule has 0 spiro atoms. The summed E-state index contributed by atoms with van der Waals surface area (Å²) in [6, 6.07) is 17.2. The first-order valence-electron chi connectivity index (χ1n) is 21.0. The maximum Gasteiger partial charge on any atom is 0.305 e. The highest BCUT2D eigenvalue weighted by molar-refractivity contribution is 7.86. The van der Waals surface area contributed by atoms with Gasteiger partial charge in [0.15, 0.2) is 5.71 Å². The van der Waals surface area contributed by atoms with Crippen LogP contribution in [0.25, 0.3) is 21.5 Å². The molecular weight excluding hydrogens is 817 g/mol. The minimum atomic E-state index is -4.49. The molecule has 0 bridgehead atoms. The van der Waals surface area contributed by atoms with Gasteiger partial charge in [0, 0.05) is 71.1 Å². The molecule has 14 heteroatoms. The Hall–Kier alpha value is -4.89. The van der Waals surface area contributed by atoms with Crippen LogP contribution in [0.15, 0.2) is 94.4 Å². The van der Waals surface area contributed by atoms with Crippen molar-refractivity contribution >= 4 is 70.8 Å². The minimum absolute atomic E-state index is 0.150. The predicted octanol–water partition coefficient (Wildman–Crippen LogP) is 9.35. The van der Waals surface area contributed by atoms with E-state index in [9.17, 15) is 35.5 Å². The summed E-state index contributed by atoms with van der Waals surface area (Å²) in [5.41, 5.74) is 4.49. The van der Waals surface area contributed by atoms with Gasteiger partial charge in [-0.3, -0.25) is 18.7 Å². The van der Waals surface area contributed by atoms with E-state index in [1.54, 1.807) is 38.1 Å². The molecule has 0 radical (unpaired) electrons. The summed E-state index contributed by atoms with van der Waals surface area (Å²) in [4.78, 5) is 26.0. The van der Waals surface area contributed by atoms with Gasteiger partial charge in [0.1, 0.15) is 16.3 Å². The van der Waals surface area contributed by atoms with Crippen LogP contribution in [0.2, 0.25) is 0 Å². The Bertz CT molecular complexity index is 2680. The van der Waals surface area contributed by atoms with E-state index in [1.807, 2.05) is 30.3 Å². The average molecular weight is 874 g/mol. The van der Waals surface area contributed by atoms with Gasteiger partial charge in [0.2, 0.25) is 5.69 Å². The molecule has 2 heterocycles. The van der Waals surface area contributed by atoms with Crippen molar-refractivity contribution in [3.05, 3.63) is 95.7 Å². The molecule has 326 valence electrons. The van der Waals surface area contributed by atoms with E-state index in [1.165, 1.54) is 12.1 Å². The standard InChI is InChI=1S/C47H56N2O10S2/c1-7-58-42(50)24-11-9-13-30-48-36-28-26-32-34(18-15-20-38(32)60(52,53)54)44(36)46(3,4)40(48)22-17-23-41-47(5,6)45-35-19-16-21-39(61(55,56)57)33(35)27-29-37(45)49(41)31-14-10-12-25-43(51)59-8-2/h15-23,26-29H,7-14,24-25,30-31H2,1-6H3,(H-,52,53,54,55,56,57)/p+1. The number of allylic oxidation sites excluding steroid dienone is 4. The Morgan fingerprint density at radius 3 is 1.77 bits per heavy atom. The van der Waals surface area contributed by atoms with Gasteiger partial charge in [-0.1, -0.05) is 56.7 Å². The lowest BCUT2D eigenvalue weighted by Gasteiger charge is -2.27. The quantitative estimate of drug-likeness (QED) is 0.0423. The molecule has 0 atom stereocenters. The molecule has 0 fully saturated rings. The maximum atomic E-state index is 12.5. The Labute approximate surface area is 359 Å². The Kier molecular flexibility index (Phi) is 13.6. The minimum Gasteiger partial charge on any atom is -0.466 e. The molecule has 0 saturated carbocycles. The van der Waals surface area contributed by atoms with E-state index >= 15 is 0 Å². The zero-order valence-corrected chi connectivity index (χ0v) is 37.5. The van der Waals surface area contributed by atoms with Crippen molar-refractivity contribution in [1.29, 1.82) is 0 Å². The fourth-order valence-corrected chi connectivity index (χ4v) is 10.7. The van der Waals surface area contributed by atoms with Crippen LogP contribution in [0.1, 0.15) is 104 Å². The van der Waals surface area contributed by atoms with E-state index in [0.717, 1.165) is 70.4 Å². The van der Waals surface area contributed by atoms with Crippen molar-refractivity contribution in [2.24, 2.45) is 0 Å². The number of hydrogen-bond donors (Lipinski definition) is 2. The number of benzene rings is 4. The van der Waals surface area contributed by atoms with Crippen LogP contribution in [0.5, 0.6) is 0 Å². The van der Waals surface area contributed by atoms with Crippen molar-refractivity contribution in [3.63, 3.8) is 0 Å². The lowest BCUT2D eigenvalue weighted by molar-refractivity contribution is -0.438. The van der Waals surface area contributed by atoms with Crippen LogP contribution in [0.4, 0.5) is 11.4 Å². The first-order valence-corrected chi connectivity index (χ1v) is 23.9. The second-order valence-electron chi connectivity index (χ2n) is 16.7. The predicted molar refractivity (Wildman–Crippen MR) is 238 cm³/mol. The maximum absolute atomic E-state index is 12.5. The second kappa shape index (κ2) is 18.2. The molecule has 12 nitrogen and oxygen atoms in total. The smallest absolute Gasteiger partial charge is 0.305 e. The largest absolute Gasteiger partial charge is 0.466 e. The average Bonchev–Trinajstić information content (AvgIpc) is 3.54. The van der Waals surface area contributed by atoms with Crippen molar-refractivity contribution in [1.82, 2.24) is 0 Å². The van der Waals surface area contributed by atoms with Gasteiger partial charge in [0.25, 0.3) is 20.2 Å². The Morgan fingerprint density at radius 1 is 0.672 bits per heavy atom. The SMILES string of the molecule is CCOC(=O)CCCCCN1/C(=C\C=C\C2=[N+](CCCCCC(=O)OCC)c3ccc4c(S(=O)(=O)O)cccc4c3C2(C)C)C(C)(C)c2c1ccc1c(S(=O)(=O)O)cccc21. The number of ether oxygens (including phenoxy) is 2. The summed E-state index contributed by atoms with van der Waals surface area (Å²) in [5.74, 6) is -0.428. The highest BCUT2D eigenvalue weighted by Gasteiger charge is 2.46. The highest BCUT2D eigenvalue weighted by Crippen LogP contribution is 2.52. The number of esters is 2. The molecule has 4 aromatic carbocycles. The Morgan fingerprint density at radius 2 is 1.21 bits per heavy atom. The molecule has 61 heavy (non-hydrogen) atoms. The highest BCUT2D eigenvalue weighted by atomic mass is 32.2. The summed E-state index contributed by atoms with van der Waals surface area (Å²) >= 11 is 0. The van der Waals surface area contributed by atoms with Gasteiger partial charge in [-0.2, -0.15) is 21.4 Å². The lowest BCUT2D eigenvalue weighted by Crippen LogP contribution is -2.28. The summed E-state index contributed by atoms with van der Waals surface area (Å²) < 4.78 is 82.6. The summed E-state index contributed by atoms with van der Waals surface area (Å²) in [6.45, 7) is 14.0. The lowest BCUT2D eigenvalue weighted by atomic mass is 9.79. The molecule has 2 aliphatic rings. The Balaban J connectivity index is 1.42. The summed E-state index contributed by atoms with van der Waals surface area (Å²) in [7, 11) is -8.99. The van der Waals surface area contributed by atoms with Gasteiger partial charge in [-0.25, -0.2) is 0 Å². The van der Waals surface area contributed by atoms with Crippen molar-refractivity contribution in [3.8, 4) is 0 Å². The van der Waals surface area contributed by atoms with Gasteiger partial charge in [0.05, 0.1) is 18.6 Å². The summed E-state index contributed by atoms with van der Waals surface area (Å²) in [6.07, 6.45) is 11.4. The number of fused-ring (bicyclic) bond motifs is 6. The molecule has 0 unspecified atom stereocenters. The molecule has 0 aliphatic carbocycles. The first kappa shape index (κ1) is 45.6. The number of rotatable bonds is 18. The van der Waals surface area contributed by atoms with Crippen LogP contribution < -0.4 is 4.90 Å². The number of unbranched alkanes of at least 4 members (excludes halogenated alkanes) is 4. The van der Waals surface area contributed by atoms with Crippen LogP contribution in [-0.4, -0.2) is 74.5 Å². The van der Waals surface area contributed by atoms with Crippen LogP contribution in [-0.2, 0) is 50.1 Å². The molecule has 4 aromatic rings. The third-order valence-electron chi connectivity index (χ3n) is 11.9. The van der Waals surface area contributed by atoms with E-state index in [2.05, 4.69) is 49.3 Å². The van der Waals surface area contributed by atoms with Gasteiger partial charge < -0.3 is 14.4 Å². The zero-order chi connectivity index (χ0) is 44.3. The monoisotopic (exact) mass is 873 g/mol. The van der Waals surface area contributed by atoms with Crippen LogP contribution >= 0.6 is 0 Å². The van der Waals surface area contributed by atoms with E-state index in [0.29, 0.717) is 62.8 Å². The van der Waals surface area contributed by atoms with Crippen molar-refractivity contribution in [2.75, 3.05) is 31.2 Å². The second-order valence-corrected chi connectivity index (χ2v) is 19.4. The van der Waals surface area contributed by atoms with Gasteiger partial charge in [-0.05, 0) is 100 Å². The zero-order valence-electron chi connectivity index (χ0n) is 35.9. The fraction of sp³-hybridized carbons (Fsp3) is 0.426. The molecule has 6 rings (SSSR count). The number of nitrogens with zero attached hydrogens (tertiary/aromatic N) is 2. The normalized spacial score (nSPS) is 16.5. The topological polar surface area (TPSA) is 168 Å². The third kappa shape index (κ3) is 9.33. The molecule has 0 saturated heterocycles. The first-order chi connectivity index (χ1) is 28.8. The van der Waals surface area contributed by atoms with E-state index in [4.69, 9.17) is 9.47 Å². The van der Waals surface area contributed by atoms with Crippen molar-refractivity contribution in [2.45, 2.75) is 114 Å².